The van der Waals surface area contributed by atoms with Crippen LogP contribution in [-0.4, -0.2) is 0 Å². The van der Waals surface area contributed by atoms with E-state index in [2.05, 4.69) is 59.8 Å². The fraction of sp³-hybridized carbons (Fsp3) is 0.667. The summed E-state index contributed by atoms with van der Waals surface area (Å²) < 4.78 is 0. The van der Waals surface area contributed by atoms with Gasteiger partial charge in [-0.3, -0.25) is 0 Å². The van der Waals surface area contributed by atoms with Crippen molar-refractivity contribution in [3.05, 3.63) is 34.9 Å². The highest BCUT2D eigenvalue weighted by Gasteiger charge is 1.93. The predicted molar refractivity (Wildman–Crippen MR) is 84.9 cm³/mol. The summed E-state index contributed by atoms with van der Waals surface area (Å²) in [7, 11) is 0. The van der Waals surface area contributed by atoms with Crippen LogP contribution >= 0.6 is 0 Å². The summed E-state index contributed by atoms with van der Waals surface area (Å²) in [6.07, 6.45) is 13.2. The Balaban J connectivity index is 3.86. The van der Waals surface area contributed by atoms with Crippen LogP contribution in [0.4, 0.5) is 0 Å². The van der Waals surface area contributed by atoms with Crippen LogP contribution in [0.3, 0.4) is 0 Å². The zero-order valence-corrected chi connectivity index (χ0v) is 13.3. The standard InChI is InChI=1S/C18H32/c1-15(2)9-7-10-17(5)11-8-12-18(6)14-13-16(3)4/h9,11,14,16H,7-8,10,12-13H2,1-6H3/b17-11+,18-14-. The highest BCUT2D eigenvalue weighted by Crippen LogP contribution is 2.13. The summed E-state index contributed by atoms with van der Waals surface area (Å²) in [4.78, 5) is 0. The molecule has 0 nitrogen and oxygen atoms in total. The van der Waals surface area contributed by atoms with Crippen LogP contribution in [0.25, 0.3) is 0 Å². The second-order valence-corrected chi connectivity index (χ2v) is 6.09. The van der Waals surface area contributed by atoms with Gasteiger partial charge in [0.15, 0.2) is 0 Å². The minimum absolute atomic E-state index is 0.779. The summed E-state index contributed by atoms with van der Waals surface area (Å²) >= 11 is 0. The molecule has 0 aromatic rings. The quantitative estimate of drug-likeness (QED) is 0.433. The zero-order chi connectivity index (χ0) is 14.0. The van der Waals surface area contributed by atoms with Crippen molar-refractivity contribution in [3.8, 4) is 0 Å². The molecule has 0 aliphatic carbocycles. The normalized spacial score (nSPS) is 13.1. The number of hydrogen-bond acceptors (Lipinski definition) is 0. The number of hydrogen-bond donors (Lipinski definition) is 0. The van der Waals surface area contributed by atoms with Crippen molar-refractivity contribution < 1.29 is 0 Å². The molecule has 0 fully saturated rings. The van der Waals surface area contributed by atoms with Crippen molar-refractivity contribution in [2.24, 2.45) is 5.92 Å². The van der Waals surface area contributed by atoms with E-state index in [-0.39, 0.29) is 0 Å². The van der Waals surface area contributed by atoms with Crippen molar-refractivity contribution in [2.45, 2.75) is 73.6 Å². The van der Waals surface area contributed by atoms with Gasteiger partial charge in [-0.2, -0.15) is 0 Å². The van der Waals surface area contributed by atoms with Crippen LogP contribution < -0.4 is 0 Å². The summed E-state index contributed by atoms with van der Waals surface area (Å²) in [5.41, 5.74) is 4.50. The summed E-state index contributed by atoms with van der Waals surface area (Å²) in [5.74, 6) is 0.779. The molecule has 0 rings (SSSR count). The van der Waals surface area contributed by atoms with E-state index < -0.39 is 0 Å². The zero-order valence-electron chi connectivity index (χ0n) is 13.3. The highest BCUT2D eigenvalue weighted by molar-refractivity contribution is 5.05. The van der Waals surface area contributed by atoms with Gasteiger partial charge in [-0.15, -0.1) is 0 Å². The van der Waals surface area contributed by atoms with Gasteiger partial charge < -0.3 is 0 Å². The largest absolute Gasteiger partial charge is 0.0856 e. The topological polar surface area (TPSA) is 0 Å². The molecule has 0 aliphatic heterocycles. The molecule has 104 valence electrons. The van der Waals surface area contributed by atoms with Gasteiger partial charge >= 0.3 is 0 Å². The van der Waals surface area contributed by atoms with Crippen molar-refractivity contribution in [2.75, 3.05) is 0 Å². The predicted octanol–water partition coefficient (Wildman–Crippen LogP) is 6.45. The van der Waals surface area contributed by atoms with E-state index >= 15 is 0 Å². The van der Waals surface area contributed by atoms with E-state index in [1.165, 1.54) is 48.8 Å². The third kappa shape index (κ3) is 11.7. The third-order valence-corrected chi connectivity index (χ3v) is 3.06. The van der Waals surface area contributed by atoms with Crippen LogP contribution in [0.1, 0.15) is 73.6 Å². The van der Waals surface area contributed by atoms with Gasteiger partial charge in [0.25, 0.3) is 0 Å². The summed E-state index contributed by atoms with van der Waals surface area (Å²) in [6, 6.07) is 0. The minimum atomic E-state index is 0.779. The molecule has 0 heteroatoms. The van der Waals surface area contributed by atoms with E-state index in [1.54, 1.807) is 0 Å². The van der Waals surface area contributed by atoms with Gasteiger partial charge in [0.2, 0.25) is 0 Å². The Kier molecular flexibility index (Phi) is 9.73. The Morgan fingerprint density at radius 3 is 1.78 bits per heavy atom. The maximum Gasteiger partial charge on any atom is -0.0288 e. The summed E-state index contributed by atoms with van der Waals surface area (Å²) in [5, 5.41) is 0. The lowest BCUT2D eigenvalue weighted by Crippen LogP contribution is -1.85. The fourth-order valence-electron chi connectivity index (χ4n) is 1.78. The highest BCUT2D eigenvalue weighted by atomic mass is 14.0. The molecule has 0 bridgehead atoms. The Hall–Kier alpha value is -0.780. The second kappa shape index (κ2) is 10.2. The molecule has 0 aromatic carbocycles. The van der Waals surface area contributed by atoms with E-state index in [1.807, 2.05) is 0 Å². The molecule has 0 heterocycles. The molecule has 0 aromatic heterocycles. The lowest BCUT2D eigenvalue weighted by molar-refractivity contribution is 0.659. The molecule has 0 amide bonds. The van der Waals surface area contributed by atoms with E-state index in [4.69, 9.17) is 0 Å². The first-order chi connectivity index (χ1) is 8.41. The van der Waals surface area contributed by atoms with Crippen molar-refractivity contribution in [1.82, 2.24) is 0 Å². The molecule has 0 saturated carbocycles. The maximum atomic E-state index is 2.41. The van der Waals surface area contributed by atoms with E-state index in [0.29, 0.717) is 0 Å². The molecule has 18 heavy (non-hydrogen) atoms. The first-order valence-corrected chi connectivity index (χ1v) is 7.36. The lowest BCUT2D eigenvalue weighted by Gasteiger charge is -2.03. The molecule has 0 N–H and O–H groups in total. The van der Waals surface area contributed by atoms with Gasteiger partial charge in [-0.05, 0) is 65.7 Å². The molecule has 0 saturated heterocycles. The minimum Gasteiger partial charge on any atom is -0.0856 e. The van der Waals surface area contributed by atoms with Crippen molar-refractivity contribution in [3.63, 3.8) is 0 Å². The Morgan fingerprint density at radius 2 is 1.28 bits per heavy atom. The molecule has 0 aliphatic rings. The number of allylic oxidation sites excluding steroid dienone is 6. The van der Waals surface area contributed by atoms with Crippen LogP contribution in [0.5, 0.6) is 0 Å². The van der Waals surface area contributed by atoms with E-state index in [0.717, 1.165) is 5.92 Å². The summed E-state index contributed by atoms with van der Waals surface area (Å²) in [6.45, 7) is 13.4. The molecular formula is C18H32. The molecule has 0 radical (unpaired) electrons. The van der Waals surface area contributed by atoms with Crippen LogP contribution in [0, 0.1) is 5.92 Å². The third-order valence-electron chi connectivity index (χ3n) is 3.06. The molecule has 0 unspecified atom stereocenters. The van der Waals surface area contributed by atoms with Crippen LogP contribution in [0.15, 0.2) is 34.9 Å². The first-order valence-electron chi connectivity index (χ1n) is 7.36. The van der Waals surface area contributed by atoms with Gasteiger partial charge in [-0.25, -0.2) is 0 Å². The SMILES string of the molecule is CC(C)=CCC/C(C)=C/CC/C(C)=C\CC(C)C. The molecule has 0 atom stereocenters. The van der Waals surface area contributed by atoms with Crippen LogP contribution in [-0.2, 0) is 0 Å². The lowest BCUT2D eigenvalue weighted by atomic mass is 10.0. The average molecular weight is 248 g/mol. The van der Waals surface area contributed by atoms with E-state index in [9.17, 15) is 0 Å². The molecule has 0 spiro atoms. The van der Waals surface area contributed by atoms with Gasteiger partial charge in [-0.1, -0.05) is 48.8 Å². The van der Waals surface area contributed by atoms with Crippen molar-refractivity contribution in [1.29, 1.82) is 0 Å². The molecular weight excluding hydrogens is 216 g/mol. The van der Waals surface area contributed by atoms with Gasteiger partial charge in [0.05, 0.1) is 0 Å². The second-order valence-electron chi connectivity index (χ2n) is 6.09. The first kappa shape index (κ1) is 17.2. The average Bonchev–Trinajstić information content (AvgIpc) is 2.25. The van der Waals surface area contributed by atoms with Crippen molar-refractivity contribution >= 4 is 0 Å². The number of rotatable bonds is 8. The maximum absolute atomic E-state index is 2.41. The van der Waals surface area contributed by atoms with Gasteiger partial charge in [0, 0.05) is 0 Å². The fourth-order valence-corrected chi connectivity index (χ4v) is 1.78. The Labute approximate surface area is 115 Å². The Morgan fingerprint density at radius 1 is 0.778 bits per heavy atom. The Bertz CT molecular complexity index is 296. The van der Waals surface area contributed by atoms with Gasteiger partial charge in [0.1, 0.15) is 0 Å². The smallest absolute Gasteiger partial charge is 0.0288 e. The van der Waals surface area contributed by atoms with Crippen LogP contribution in [0.2, 0.25) is 0 Å². The monoisotopic (exact) mass is 248 g/mol.